The largest absolute Gasteiger partial charge is 0.0877 e. The lowest BCUT2D eigenvalue weighted by Gasteiger charge is -2.03. The Morgan fingerprint density at radius 3 is 1.44 bits per heavy atom. The second kappa shape index (κ2) is 5.95. The lowest BCUT2D eigenvalue weighted by Crippen LogP contribution is -1.89. The molecule has 0 spiro atoms. The standard InChI is InChI=1S/C18H18/c1-13(2)7-9-17-11-16(6)18(12-15(17)5)10-8-14(3)4/h11-12H,1,3H2,2,4-6H3. The normalized spacial score (nSPS) is 8.67. The average Bonchev–Trinajstić information content (AvgIpc) is 2.27. The van der Waals surface area contributed by atoms with E-state index in [2.05, 4.69) is 49.0 Å². The first kappa shape index (κ1) is 13.9. The van der Waals surface area contributed by atoms with Gasteiger partial charge in [-0.15, -0.1) is 0 Å². The molecule has 0 unspecified atom stereocenters. The fraction of sp³-hybridized carbons (Fsp3) is 0.222. The molecule has 0 heterocycles. The van der Waals surface area contributed by atoms with Crippen LogP contribution in [0.15, 0.2) is 36.4 Å². The highest BCUT2D eigenvalue weighted by atomic mass is 14.0. The molecular weight excluding hydrogens is 216 g/mol. The van der Waals surface area contributed by atoms with Crippen LogP contribution >= 0.6 is 0 Å². The van der Waals surface area contributed by atoms with Gasteiger partial charge in [0.15, 0.2) is 0 Å². The molecule has 0 atom stereocenters. The maximum atomic E-state index is 3.78. The van der Waals surface area contributed by atoms with Gasteiger partial charge in [0.25, 0.3) is 0 Å². The SMILES string of the molecule is C=C(C)C#Cc1cc(C)c(C#CC(=C)C)cc1C. The third-order valence-corrected chi connectivity index (χ3v) is 2.39. The van der Waals surface area contributed by atoms with Crippen LogP contribution in [0.3, 0.4) is 0 Å². The zero-order chi connectivity index (χ0) is 13.7. The van der Waals surface area contributed by atoms with Gasteiger partial charge in [-0.25, -0.2) is 0 Å². The summed E-state index contributed by atoms with van der Waals surface area (Å²) in [4.78, 5) is 0. The molecule has 1 aromatic carbocycles. The minimum atomic E-state index is 0.873. The summed E-state index contributed by atoms with van der Waals surface area (Å²) < 4.78 is 0. The molecule has 0 aliphatic rings. The first-order valence-corrected chi connectivity index (χ1v) is 5.86. The fourth-order valence-corrected chi connectivity index (χ4v) is 1.43. The van der Waals surface area contributed by atoms with Crippen LogP contribution in [-0.4, -0.2) is 0 Å². The minimum Gasteiger partial charge on any atom is -0.0877 e. The number of hydrogen-bond donors (Lipinski definition) is 0. The molecule has 0 fully saturated rings. The molecular formula is C18H18. The Hall–Kier alpha value is -2.18. The summed E-state index contributed by atoms with van der Waals surface area (Å²) in [6, 6.07) is 4.15. The molecule has 0 aromatic heterocycles. The van der Waals surface area contributed by atoms with Gasteiger partial charge in [-0.2, -0.15) is 0 Å². The Morgan fingerprint density at radius 2 is 1.17 bits per heavy atom. The van der Waals surface area contributed by atoms with Crippen LogP contribution in [0.1, 0.15) is 36.1 Å². The molecule has 0 radical (unpaired) electrons. The van der Waals surface area contributed by atoms with Gasteiger partial charge in [0.05, 0.1) is 0 Å². The van der Waals surface area contributed by atoms with Gasteiger partial charge in [-0.05, 0) is 62.1 Å². The van der Waals surface area contributed by atoms with Crippen LogP contribution in [0.4, 0.5) is 0 Å². The number of benzene rings is 1. The van der Waals surface area contributed by atoms with Gasteiger partial charge in [-0.1, -0.05) is 36.8 Å². The van der Waals surface area contributed by atoms with Gasteiger partial charge < -0.3 is 0 Å². The highest BCUT2D eigenvalue weighted by molar-refractivity contribution is 5.53. The average molecular weight is 234 g/mol. The van der Waals surface area contributed by atoms with E-state index in [1.807, 2.05) is 27.7 Å². The predicted molar refractivity (Wildman–Crippen MR) is 79.3 cm³/mol. The van der Waals surface area contributed by atoms with Gasteiger partial charge >= 0.3 is 0 Å². The first-order valence-electron chi connectivity index (χ1n) is 5.86. The van der Waals surface area contributed by atoms with Crippen molar-refractivity contribution in [2.45, 2.75) is 27.7 Å². The van der Waals surface area contributed by atoms with Gasteiger partial charge in [0.2, 0.25) is 0 Å². The number of hydrogen-bond acceptors (Lipinski definition) is 0. The van der Waals surface area contributed by atoms with Crippen molar-refractivity contribution < 1.29 is 0 Å². The maximum absolute atomic E-state index is 3.78. The number of allylic oxidation sites excluding steroid dienone is 2. The summed E-state index contributed by atoms with van der Waals surface area (Å²) in [7, 11) is 0. The summed E-state index contributed by atoms with van der Waals surface area (Å²) >= 11 is 0. The zero-order valence-corrected chi connectivity index (χ0v) is 11.6. The smallest absolute Gasteiger partial charge is 0.0281 e. The molecule has 18 heavy (non-hydrogen) atoms. The monoisotopic (exact) mass is 234 g/mol. The molecule has 1 aromatic rings. The van der Waals surface area contributed by atoms with E-state index in [0.29, 0.717) is 0 Å². The number of rotatable bonds is 0. The predicted octanol–water partition coefficient (Wildman–Crippen LogP) is 4.16. The Kier molecular flexibility index (Phi) is 4.59. The maximum Gasteiger partial charge on any atom is 0.0281 e. The van der Waals surface area contributed by atoms with E-state index in [0.717, 1.165) is 33.4 Å². The molecule has 0 saturated heterocycles. The molecule has 90 valence electrons. The van der Waals surface area contributed by atoms with Crippen molar-refractivity contribution in [1.82, 2.24) is 0 Å². The summed E-state index contributed by atoms with van der Waals surface area (Å²) in [5.74, 6) is 12.3. The van der Waals surface area contributed by atoms with Crippen LogP contribution < -0.4 is 0 Å². The molecule has 1 rings (SSSR count). The van der Waals surface area contributed by atoms with E-state index in [4.69, 9.17) is 0 Å². The Bertz CT molecular complexity index is 562. The summed E-state index contributed by atoms with van der Waals surface area (Å²) in [5, 5.41) is 0. The molecule has 0 saturated carbocycles. The van der Waals surface area contributed by atoms with E-state index < -0.39 is 0 Å². The van der Waals surface area contributed by atoms with Crippen LogP contribution in [0.2, 0.25) is 0 Å². The summed E-state index contributed by atoms with van der Waals surface area (Å²) in [6.45, 7) is 15.5. The zero-order valence-electron chi connectivity index (χ0n) is 11.6. The summed E-state index contributed by atoms with van der Waals surface area (Å²) in [5.41, 5.74) is 6.10. The van der Waals surface area contributed by atoms with Crippen molar-refractivity contribution in [3.63, 3.8) is 0 Å². The first-order chi connectivity index (χ1) is 8.40. The molecule has 0 aliphatic heterocycles. The van der Waals surface area contributed by atoms with Crippen LogP contribution in [0.5, 0.6) is 0 Å². The van der Waals surface area contributed by atoms with Gasteiger partial charge in [-0.3, -0.25) is 0 Å². The van der Waals surface area contributed by atoms with Crippen molar-refractivity contribution in [3.05, 3.63) is 58.7 Å². The van der Waals surface area contributed by atoms with E-state index in [-0.39, 0.29) is 0 Å². The highest BCUT2D eigenvalue weighted by Gasteiger charge is 2.00. The van der Waals surface area contributed by atoms with E-state index >= 15 is 0 Å². The topological polar surface area (TPSA) is 0 Å². The summed E-state index contributed by atoms with van der Waals surface area (Å²) in [6.07, 6.45) is 0. The second-order valence-corrected chi connectivity index (χ2v) is 4.54. The Labute approximate surface area is 110 Å². The third kappa shape index (κ3) is 4.00. The van der Waals surface area contributed by atoms with Crippen LogP contribution in [-0.2, 0) is 0 Å². The Balaban J connectivity index is 3.23. The second-order valence-electron chi connectivity index (χ2n) is 4.54. The molecule has 0 N–H and O–H groups in total. The molecule has 0 bridgehead atoms. The van der Waals surface area contributed by atoms with Gasteiger partial charge in [0.1, 0.15) is 0 Å². The van der Waals surface area contributed by atoms with Crippen LogP contribution in [0, 0.1) is 37.5 Å². The lowest BCUT2D eigenvalue weighted by molar-refractivity contribution is 1.35. The quantitative estimate of drug-likeness (QED) is 0.591. The molecule has 0 nitrogen and oxygen atoms in total. The third-order valence-electron chi connectivity index (χ3n) is 2.39. The van der Waals surface area contributed by atoms with Crippen molar-refractivity contribution in [2.24, 2.45) is 0 Å². The van der Waals surface area contributed by atoms with Crippen molar-refractivity contribution in [3.8, 4) is 23.7 Å². The minimum absolute atomic E-state index is 0.873. The fourth-order valence-electron chi connectivity index (χ4n) is 1.43. The highest BCUT2D eigenvalue weighted by Crippen LogP contribution is 2.14. The van der Waals surface area contributed by atoms with E-state index in [9.17, 15) is 0 Å². The molecule has 0 amide bonds. The van der Waals surface area contributed by atoms with Gasteiger partial charge in [0, 0.05) is 11.1 Å². The lowest BCUT2D eigenvalue weighted by atomic mass is 10.00. The van der Waals surface area contributed by atoms with E-state index in [1.165, 1.54) is 0 Å². The van der Waals surface area contributed by atoms with Crippen molar-refractivity contribution in [1.29, 1.82) is 0 Å². The van der Waals surface area contributed by atoms with Crippen molar-refractivity contribution >= 4 is 0 Å². The Morgan fingerprint density at radius 1 is 0.833 bits per heavy atom. The molecule has 0 aliphatic carbocycles. The molecule has 0 heteroatoms. The van der Waals surface area contributed by atoms with Crippen molar-refractivity contribution in [2.75, 3.05) is 0 Å². The van der Waals surface area contributed by atoms with Crippen LogP contribution in [0.25, 0.3) is 0 Å². The van der Waals surface area contributed by atoms with E-state index in [1.54, 1.807) is 0 Å². The number of aryl methyl sites for hydroxylation is 2.